The van der Waals surface area contributed by atoms with Crippen molar-refractivity contribution < 1.29 is 9.84 Å². The molecule has 0 aliphatic heterocycles. The van der Waals surface area contributed by atoms with Gasteiger partial charge in [-0.2, -0.15) is 5.10 Å². The van der Waals surface area contributed by atoms with Gasteiger partial charge < -0.3 is 9.84 Å². The van der Waals surface area contributed by atoms with Crippen LogP contribution < -0.4 is 4.74 Å². The molecule has 0 amide bonds. The molecule has 1 N–H and O–H groups in total. The summed E-state index contributed by atoms with van der Waals surface area (Å²) in [5.74, 6) is 0.815. The van der Waals surface area contributed by atoms with Gasteiger partial charge in [0.15, 0.2) is 0 Å². The van der Waals surface area contributed by atoms with Gasteiger partial charge in [-0.3, -0.25) is 4.68 Å². The van der Waals surface area contributed by atoms with Crippen LogP contribution in [-0.4, -0.2) is 28.6 Å². The molecule has 4 heteroatoms. The Morgan fingerprint density at radius 2 is 2.27 bits per heavy atom. The molecule has 0 aliphatic carbocycles. The second kappa shape index (κ2) is 3.90. The zero-order chi connectivity index (χ0) is 10.8. The molecule has 0 aliphatic rings. The number of nitrogens with zero attached hydrogens (tertiary/aromatic N) is 2. The lowest BCUT2D eigenvalue weighted by molar-refractivity contribution is 0.296. The van der Waals surface area contributed by atoms with Gasteiger partial charge in [0.25, 0.3) is 0 Å². The maximum absolute atomic E-state index is 8.98. The molecule has 2 aromatic rings. The van der Waals surface area contributed by atoms with Crippen LogP contribution in [0.1, 0.15) is 5.69 Å². The maximum Gasteiger partial charge on any atom is 0.119 e. The van der Waals surface area contributed by atoms with Crippen LogP contribution in [0.2, 0.25) is 0 Å². The van der Waals surface area contributed by atoms with Gasteiger partial charge in [0.05, 0.1) is 12.6 Å². The smallest absolute Gasteiger partial charge is 0.119 e. The fraction of sp³-hybridized carbons (Fsp3) is 0.364. The third-order valence-electron chi connectivity index (χ3n) is 2.51. The maximum atomic E-state index is 8.98. The Labute approximate surface area is 88.1 Å². The number of benzene rings is 1. The Hall–Kier alpha value is -1.55. The molecular weight excluding hydrogens is 192 g/mol. The van der Waals surface area contributed by atoms with Crippen LogP contribution in [-0.2, 0) is 13.5 Å². The highest BCUT2D eigenvalue weighted by Gasteiger charge is 2.08. The van der Waals surface area contributed by atoms with Crippen molar-refractivity contribution in [3.8, 4) is 5.75 Å². The lowest BCUT2D eigenvalue weighted by atomic mass is 10.1. The Morgan fingerprint density at radius 1 is 1.47 bits per heavy atom. The minimum atomic E-state index is 0.131. The monoisotopic (exact) mass is 206 g/mol. The van der Waals surface area contributed by atoms with Gasteiger partial charge in [-0.25, -0.2) is 0 Å². The summed E-state index contributed by atoms with van der Waals surface area (Å²) in [6, 6.07) is 5.76. The fourth-order valence-electron chi connectivity index (χ4n) is 1.76. The van der Waals surface area contributed by atoms with E-state index < -0.39 is 0 Å². The van der Waals surface area contributed by atoms with Gasteiger partial charge in [0, 0.05) is 31.2 Å². The van der Waals surface area contributed by atoms with E-state index >= 15 is 0 Å². The molecule has 0 saturated heterocycles. The van der Waals surface area contributed by atoms with Crippen molar-refractivity contribution in [1.82, 2.24) is 9.78 Å². The van der Waals surface area contributed by atoms with Gasteiger partial charge >= 0.3 is 0 Å². The summed E-state index contributed by atoms with van der Waals surface area (Å²) in [6.07, 6.45) is 0.611. The van der Waals surface area contributed by atoms with Crippen molar-refractivity contribution in [3.63, 3.8) is 0 Å². The van der Waals surface area contributed by atoms with E-state index in [0.29, 0.717) is 6.42 Å². The van der Waals surface area contributed by atoms with Crippen LogP contribution in [0.25, 0.3) is 10.9 Å². The number of ether oxygens (including phenoxy) is 1. The van der Waals surface area contributed by atoms with E-state index in [4.69, 9.17) is 9.84 Å². The summed E-state index contributed by atoms with van der Waals surface area (Å²) in [5.41, 5.74) is 1.97. The Balaban J connectivity index is 2.61. The Kier molecular flexibility index (Phi) is 2.60. The second-order valence-electron chi connectivity index (χ2n) is 3.43. The number of aliphatic hydroxyl groups excluding tert-OH is 1. The molecule has 0 unspecified atom stereocenters. The standard InChI is InChI=1S/C11H14N2O2/c1-13-11(5-6-14)9-7-8(15-2)3-4-10(9)12-13/h3-4,7,14H,5-6H2,1-2H3. The number of rotatable bonds is 3. The topological polar surface area (TPSA) is 47.3 Å². The molecule has 15 heavy (non-hydrogen) atoms. The molecule has 0 radical (unpaired) electrons. The summed E-state index contributed by atoms with van der Waals surface area (Å²) in [4.78, 5) is 0. The summed E-state index contributed by atoms with van der Waals surface area (Å²) >= 11 is 0. The Morgan fingerprint density at radius 3 is 2.93 bits per heavy atom. The third kappa shape index (κ3) is 1.68. The molecule has 0 spiro atoms. The zero-order valence-electron chi connectivity index (χ0n) is 8.90. The van der Waals surface area contributed by atoms with Gasteiger partial charge in [-0.1, -0.05) is 0 Å². The summed E-state index contributed by atoms with van der Waals surface area (Å²) in [6.45, 7) is 0.131. The van der Waals surface area contributed by atoms with Crippen molar-refractivity contribution >= 4 is 10.9 Å². The van der Waals surface area contributed by atoms with Gasteiger partial charge in [0.1, 0.15) is 5.75 Å². The predicted octanol–water partition coefficient (Wildman–Crippen LogP) is 1.12. The van der Waals surface area contributed by atoms with Gasteiger partial charge in [0.2, 0.25) is 0 Å². The van der Waals surface area contributed by atoms with Gasteiger partial charge in [-0.05, 0) is 18.2 Å². The van der Waals surface area contributed by atoms with Gasteiger partial charge in [-0.15, -0.1) is 0 Å². The highest BCUT2D eigenvalue weighted by molar-refractivity contribution is 5.83. The molecule has 0 fully saturated rings. The van der Waals surface area contributed by atoms with E-state index in [1.807, 2.05) is 25.2 Å². The van der Waals surface area contributed by atoms with E-state index in [-0.39, 0.29) is 6.61 Å². The number of hydrogen-bond donors (Lipinski definition) is 1. The first-order chi connectivity index (χ1) is 7.26. The highest BCUT2D eigenvalue weighted by Crippen LogP contribution is 2.23. The number of aliphatic hydroxyl groups is 1. The van der Waals surface area contributed by atoms with Crippen LogP contribution in [0.15, 0.2) is 18.2 Å². The first-order valence-electron chi connectivity index (χ1n) is 4.86. The minimum absolute atomic E-state index is 0.131. The molecule has 2 rings (SSSR count). The largest absolute Gasteiger partial charge is 0.497 e. The number of aromatic nitrogens is 2. The first-order valence-corrected chi connectivity index (χ1v) is 4.86. The number of aryl methyl sites for hydroxylation is 1. The van der Waals surface area contributed by atoms with Crippen molar-refractivity contribution in [2.45, 2.75) is 6.42 Å². The lowest BCUT2D eigenvalue weighted by Gasteiger charge is -2.01. The first kappa shape index (κ1) is 9.98. The average Bonchev–Trinajstić information content (AvgIpc) is 2.55. The fourth-order valence-corrected chi connectivity index (χ4v) is 1.76. The van der Waals surface area contributed by atoms with Crippen LogP contribution >= 0.6 is 0 Å². The normalized spacial score (nSPS) is 10.9. The molecule has 4 nitrogen and oxygen atoms in total. The SMILES string of the molecule is COc1ccc2nn(C)c(CCO)c2c1. The second-order valence-corrected chi connectivity index (χ2v) is 3.43. The lowest BCUT2D eigenvalue weighted by Crippen LogP contribution is -2.00. The molecule has 1 aromatic carbocycles. The molecule has 0 bridgehead atoms. The predicted molar refractivity (Wildman–Crippen MR) is 58.1 cm³/mol. The van der Waals surface area contributed by atoms with Crippen LogP contribution in [0.5, 0.6) is 5.75 Å². The quantitative estimate of drug-likeness (QED) is 0.818. The summed E-state index contributed by atoms with van der Waals surface area (Å²) in [7, 11) is 3.53. The van der Waals surface area contributed by atoms with Crippen LogP contribution in [0.4, 0.5) is 0 Å². The van der Waals surface area contributed by atoms with E-state index in [0.717, 1.165) is 22.3 Å². The van der Waals surface area contributed by atoms with E-state index in [1.54, 1.807) is 11.8 Å². The average molecular weight is 206 g/mol. The van der Waals surface area contributed by atoms with Crippen LogP contribution in [0, 0.1) is 0 Å². The Bertz CT molecular complexity index is 477. The molecule has 1 aromatic heterocycles. The van der Waals surface area contributed by atoms with E-state index in [2.05, 4.69) is 5.10 Å². The summed E-state index contributed by atoms with van der Waals surface area (Å²) in [5, 5.41) is 14.4. The van der Waals surface area contributed by atoms with Crippen molar-refractivity contribution in [2.24, 2.45) is 7.05 Å². The number of hydrogen-bond acceptors (Lipinski definition) is 3. The summed E-state index contributed by atoms with van der Waals surface area (Å²) < 4.78 is 6.97. The molecule has 0 atom stereocenters. The molecule has 0 saturated carbocycles. The zero-order valence-corrected chi connectivity index (χ0v) is 8.90. The van der Waals surface area contributed by atoms with E-state index in [9.17, 15) is 0 Å². The molecule has 80 valence electrons. The van der Waals surface area contributed by atoms with Crippen molar-refractivity contribution in [3.05, 3.63) is 23.9 Å². The third-order valence-corrected chi connectivity index (χ3v) is 2.51. The number of methoxy groups -OCH3 is 1. The highest BCUT2D eigenvalue weighted by atomic mass is 16.5. The minimum Gasteiger partial charge on any atom is -0.497 e. The van der Waals surface area contributed by atoms with Crippen molar-refractivity contribution in [1.29, 1.82) is 0 Å². The number of fused-ring (bicyclic) bond motifs is 1. The molecular formula is C11H14N2O2. The van der Waals surface area contributed by atoms with E-state index in [1.165, 1.54) is 0 Å². The van der Waals surface area contributed by atoms with Crippen molar-refractivity contribution in [2.75, 3.05) is 13.7 Å². The van der Waals surface area contributed by atoms with Crippen LogP contribution in [0.3, 0.4) is 0 Å². The molecule has 1 heterocycles.